The third-order valence-electron chi connectivity index (χ3n) is 1.05. The van der Waals surface area contributed by atoms with Crippen LogP contribution in [-0.2, 0) is 14.3 Å². The van der Waals surface area contributed by atoms with Crippen molar-refractivity contribution in [1.29, 1.82) is 0 Å². The van der Waals surface area contributed by atoms with Crippen LogP contribution in [0.3, 0.4) is 0 Å². The lowest BCUT2D eigenvalue weighted by Crippen LogP contribution is -2.09. The second-order valence-corrected chi connectivity index (χ2v) is 1.87. The van der Waals surface area contributed by atoms with Crippen molar-refractivity contribution in [2.75, 3.05) is 14.2 Å². The molecule has 0 aromatic heterocycles. The molecule has 0 heterocycles. The van der Waals surface area contributed by atoms with Crippen molar-refractivity contribution >= 4 is 6.29 Å². The van der Waals surface area contributed by atoms with Gasteiger partial charge in [-0.05, 0) is 18.6 Å². The van der Waals surface area contributed by atoms with E-state index in [-0.39, 0.29) is 0 Å². The van der Waals surface area contributed by atoms with Gasteiger partial charge in [0.2, 0.25) is 0 Å². The highest BCUT2D eigenvalue weighted by Gasteiger charge is 1.98. The van der Waals surface area contributed by atoms with Crippen molar-refractivity contribution in [3.8, 4) is 0 Å². The molecule has 0 aromatic rings. The van der Waals surface area contributed by atoms with E-state index >= 15 is 0 Å². The van der Waals surface area contributed by atoms with E-state index < -0.39 is 6.29 Å². The van der Waals surface area contributed by atoms with E-state index in [0.29, 0.717) is 5.57 Å². The number of carbonyl (C=O) groups excluding carboxylic acids is 1. The Morgan fingerprint density at radius 3 is 2.20 bits per heavy atom. The summed E-state index contributed by atoms with van der Waals surface area (Å²) < 4.78 is 9.63. The molecule has 0 N–H and O–H groups in total. The van der Waals surface area contributed by atoms with Crippen LogP contribution < -0.4 is 0 Å². The zero-order valence-electron chi connectivity index (χ0n) is 6.46. The van der Waals surface area contributed by atoms with Crippen LogP contribution in [0.25, 0.3) is 0 Å². The van der Waals surface area contributed by atoms with E-state index in [9.17, 15) is 4.79 Å². The molecule has 0 amide bonds. The third kappa shape index (κ3) is 3.37. The number of methoxy groups -OCH3 is 2. The molecule has 0 atom stereocenters. The second-order valence-electron chi connectivity index (χ2n) is 1.87. The van der Waals surface area contributed by atoms with Crippen molar-refractivity contribution in [2.24, 2.45) is 0 Å². The first-order chi connectivity index (χ1) is 4.74. The van der Waals surface area contributed by atoms with E-state index in [1.165, 1.54) is 14.2 Å². The molecule has 0 aliphatic heterocycles. The standard InChI is InChI=1S/C7H12O3/c1-6(5-8)4-7(9-2)10-3/h4-5,7H,1-3H3/b6-4-. The molecule has 3 nitrogen and oxygen atoms in total. The van der Waals surface area contributed by atoms with Gasteiger partial charge in [0, 0.05) is 14.2 Å². The summed E-state index contributed by atoms with van der Waals surface area (Å²) in [5.74, 6) is 0. The van der Waals surface area contributed by atoms with Gasteiger partial charge >= 0.3 is 0 Å². The molecule has 0 spiro atoms. The molecule has 0 radical (unpaired) electrons. The molecule has 0 aliphatic carbocycles. The molecule has 0 fully saturated rings. The van der Waals surface area contributed by atoms with Gasteiger partial charge in [-0.1, -0.05) is 0 Å². The fraction of sp³-hybridized carbons (Fsp3) is 0.571. The lowest BCUT2D eigenvalue weighted by Gasteiger charge is -2.07. The van der Waals surface area contributed by atoms with Gasteiger partial charge in [-0.25, -0.2) is 0 Å². The summed E-state index contributed by atoms with van der Waals surface area (Å²) in [5.41, 5.74) is 0.605. The van der Waals surface area contributed by atoms with Crippen molar-refractivity contribution in [2.45, 2.75) is 13.2 Å². The van der Waals surface area contributed by atoms with Crippen LogP contribution in [0.4, 0.5) is 0 Å². The fourth-order valence-corrected chi connectivity index (χ4v) is 0.486. The predicted octanol–water partition coefficient (Wildman–Crippen LogP) is 0.751. The minimum atomic E-state index is -0.412. The molecule has 10 heavy (non-hydrogen) atoms. The summed E-state index contributed by atoms with van der Waals surface area (Å²) >= 11 is 0. The maximum atomic E-state index is 10.1. The summed E-state index contributed by atoms with van der Waals surface area (Å²) in [6, 6.07) is 0. The Bertz CT molecular complexity index is 125. The van der Waals surface area contributed by atoms with E-state index in [1.807, 2.05) is 0 Å². The number of hydrogen-bond acceptors (Lipinski definition) is 3. The minimum Gasteiger partial charge on any atom is -0.352 e. The van der Waals surface area contributed by atoms with Gasteiger partial charge in [-0.2, -0.15) is 0 Å². The fourth-order valence-electron chi connectivity index (χ4n) is 0.486. The van der Waals surface area contributed by atoms with Crippen LogP contribution in [-0.4, -0.2) is 26.8 Å². The molecule has 0 saturated carbocycles. The highest BCUT2D eigenvalue weighted by atomic mass is 16.7. The smallest absolute Gasteiger partial charge is 0.176 e. The topological polar surface area (TPSA) is 35.5 Å². The summed E-state index contributed by atoms with van der Waals surface area (Å²) in [4.78, 5) is 10.1. The Kier molecular flexibility index (Phi) is 4.80. The van der Waals surface area contributed by atoms with Crippen molar-refractivity contribution in [3.63, 3.8) is 0 Å². The molecule has 0 unspecified atom stereocenters. The van der Waals surface area contributed by atoms with Crippen molar-refractivity contribution in [3.05, 3.63) is 11.6 Å². The van der Waals surface area contributed by atoms with Crippen LogP contribution in [0.2, 0.25) is 0 Å². The summed E-state index contributed by atoms with van der Waals surface area (Å²) in [5, 5.41) is 0. The monoisotopic (exact) mass is 144 g/mol. The van der Waals surface area contributed by atoms with Crippen LogP contribution in [0.15, 0.2) is 11.6 Å². The Balaban J connectivity index is 3.92. The van der Waals surface area contributed by atoms with Gasteiger partial charge in [0.25, 0.3) is 0 Å². The summed E-state index contributed by atoms with van der Waals surface area (Å²) in [7, 11) is 3.03. The lowest BCUT2D eigenvalue weighted by molar-refractivity contribution is -0.105. The Labute approximate surface area is 60.6 Å². The van der Waals surface area contributed by atoms with Gasteiger partial charge < -0.3 is 9.47 Å². The molecule has 0 aliphatic rings. The second kappa shape index (κ2) is 5.14. The maximum absolute atomic E-state index is 10.1. The molecular formula is C7H12O3. The third-order valence-corrected chi connectivity index (χ3v) is 1.05. The zero-order valence-corrected chi connectivity index (χ0v) is 6.46. The Hall–Kier alpha value is -0.670. The largest absolute Gasteiger partial charge is 0.352 e. The highest BCUT2D eigenvalue weighted by molar-refractivity contribution is 5.72. The Morgan fingerprint density at radius 1 is 1.40 bits per heavy atom. The molecule has 0 aromatic carbocycles. The number of carbonyl (C=O) groups is 1. The predicted molar refractivity (Wildman–Crippen MR) is 37.6 cm³/mol. The van der Waals surface area contributed by atoms with Crippen LogP contribution in [0.1, 0.15) is 6.92 Å². The maximum Gasteiger partial charge on any atom is 0.176 e. The first-order valence-corrected chi connectivity index (χ1v) is 2.93. The minimum absolute atomic E-state index is 0.412. The first-order valence-electron chi connectivity index (χ1n) is 2.93. The van der Waals surface area contributed by atoms with E-state index in [4.69, 9.17) is 9.47 Å². The molecule has 0 bridgehead atoms. The SMILES string of the molecule is COC(/C=C(/C)C=O)OC. The van der Waals surface area contributed by atoms with Gasteiger partial charge in [-0.3, -0.25) is 4.79 Å². The molecule has 3 heteroatoms. The van der Waals surface area contributed by atoms with Crippen LogP contribution in [0, 0.1) is 0 Å². The number of rotatable bonds is 4. The zero-order chi connectivity index (χ0) is 7.98. The first kappa shape index (κ1) is 9.33. The average Bonchev–Trinajstić information content (AvgIpc) is 1.99. The summed E-state index contributed by atoms with van der Waals surface area (Å²) in [6.45, 7) is 1.69. The lowest BCUT2D eigenvalue weighted by atomic mass is 10.3. The van der Waals surface area contributed by atoms with E-state index in [1.54, 1.807) is 13.0 Å². The number of hydrogen-bond donors (Lipinski definition) is 0. The molecular weight excluding hydrogens is 132 g/mol. The van der Waals surface area contributed by atoms with Crippen molar-refractivity contribution in [1.82, 2.24) is 0 Å². The molecule has 58 valence electrons. The van der Waals surface area contributed by atoms with E-state index in [2.05, 4.69) is 0 Å². The highest BCUT2D eigenvalue weighted by Crippen LogP contribution is 1.96. The van der Waals surface area contributed by atoms with Gasteiger partial charge in [-0.15, -0.1) is 0 Å². The number of ether oxygens (including phenoxy) is 2. The van der Waals surface area contributed by atoms with Gasteiger partial charge in [0.15, 0.2) is 6.29 Å². The van der Waals surface area contributed by atoms with Crippen LogP contribution in [0.5, 0.6) is 0 Å². The molecule has 0 rings (SSSR count). The Morgan fingerprint density at radius 2 is 1.90 bits per heavy atom. The number of aldehydes is 1. The summed E-state index contributed by atoms with van der Waals surface area (Å²) in [6.07, 6.45) is 1.95. The molecule has 0 saturated heterocycles. The van der Waals surface area contributed by atoms with Gasteiger partial charge in [0.1, 0.15) is 6.29 Å². The van der Waals surface area contributed by atoms with Crippen LogP contribution >= 0.6 is 0 Å². The number of allylic oxidation sites excluding steroid dienone is 1. The van der Waals surface area contributed by atoms with Gasteiger partial charge in [0.05, 0.1) is 0 Å². The average molecular weight is 144 g/mol. The normalized spacial score (nSPS) is 12.2. The van der Waals surface area contributed by atoms with E-state index in [0.717, 1.165) is 6.29 Å². The van der Waals surface area contributed by atoms with Crippen molar-refractivity contribution < 1.29 is 14.3 Å². The quantitative estimate of drug-likeness (QED) is 0.332.